The van der Waals surface area contributed by atoms with Gasteiger partial charge in [-0.2, -0.15) is 0 Å². The highest BCUT2D eigenvalue weighted by atomic mass is 16.6. The van der Waals surface area contributed by atoms with E-state index >= 15 is 0 Å². The zero-order chi connectivity index (χ0) is 19.5. The lowest BCUT2D eigenvalue weighted by atomic mass is 10.1. The van der Waals surface area contributed by atoms with Gasteiger partial charge in [-0.3, -0.25) is 4.98 Å². The van der Waals surface area contributed by atoms with Gasteiger partial charge in [-0.1, -0.05) is 12.1 Å². The predicted octanol–water partition coefficient (Wildman–Crippen LogP) is 3.51. The molecule has 3 aromatic heterocycles. The smallest absolute Gasteiger partial charge is 0.257 e. The van der Waals surface area contributed by atoms with Crippen molar-refractivity contribution in [3.05, 3.63) is 66.7 Å². The van der Waals surface area contributed by atoms with E-state index in [0.717, 1.165) is 45.7 Å². The van der Waals surface area contributed by atoms with Crippen LogP contribution in [0.3, 0.4) is 0 Å². The molecule has 0 bridgehead atoms. The van der Waals surface area contributed by atoms with E-state index in [4.69, 9.17) is 9.47 Å². The molecular formula is C22H19N5O2. The molecule has 0 fully saturated rings. The zero-order valence-corrected chi connectivity index (χ0v) is 15.7. The van der Waals surface area contributed by atoms with Crippen LogP contribution in [-0.2, 0) is 6.42 Å². The van der Waals surface area contributed by atoms with Crippen molar-refractivity contribution in [2.24, 2.45) is 0 Å². The van der Waals surface area contributed by atoms with Crippen LogP contribution in [0.4, 0.5) is 5.82 Å². The van der Waals surface area contributed by atoms with Gasteiger partial charge in [-0.05, 0) is 30.7 Å². The average molecular weight is 385 g/mol. The third-order valence-corrected chi connectivity index (χ3v) is 4.79. The van der Waals surface area contributed by atoms with Crippen LogP contribution in [-0.4, -0.2) is 39.7 Å². The van der Waals surface area contributed by atoms with Crippen molar-refractivity contribution in [1.82, 2.24) is 19.9 Å². The molecule has 5 rings (SSSR count). The van der Waals surface area contributed by atoms with E-state index in [1.165, 1.54) is 0 Å². The summed E-state index contributed by atoms with van der Waals surface area (Å²) >= 11 is 0. The molecule has 4 heterocycles. The Morgan fingerprint density at radius 2 is 1.86 bits per heavy atom. The van der Waals surface area contributed by atoms with Gasteiger partial charge in [-0.15, -0.1) is 0 Å². The molecule has 1 aliphatic heterocycles. The largest absolute Gasteiger partial charge is 0.484 e. The molecule has 0 unspecified atom stereocenters. The Bertz CT molecular complexity index is 1160. The Morgan fingerprint density at radius 3 is 2.86 bits per heavy atom. The van der Waals surface area contributed by atoms with Crippen molar-refractivity contribution in [2.75, 3.05) is 25.1 Å². The van der Waals surface area contributed by atoms with Crippen molar-refractivity contribution in [3.63, 3.8) is 0 Å². The summed E-state index contributed by atoms with van der Waals surface area (Å²) in [6.07, 6.45) is 5.90. The molecule has 0 radical (unpaired) electrons. The van der Waals surface area contributed by atoms with Gasteiger partial charge in [0.15, 0.2) is 5.75 Å². The Labute approximate surface area is 167 Å². The number of benzene rings is 1. The second-order valence-electron chi connectivity index (χ2n) is 6.68. The van der Waals surface area contributed by atoms with Gasteiger partial charge in [0.1, 0.15) is 25.4 Å². The number of fused-ring (bicyclic) bond motifs is 2. The fraction of sp³-hybridized carbons (Fsp3) is 0.182. The molecule has 7 nitrogen and oxygen atoms in total. The summed E-state index contributed by atoms with van der Waals surface area (Å²) in [4.78, 5) is 17.4. The summed E-state index contributed by atoms with van der Waals surface area (Å²) in [5.74, 6) is 2.10. The first-order chi connectivity index (χ1) is 14.4. The van der Waals surface area contributed by atoms with Crippen LogP contribution in [0, 0.1) is 0 Å². The SMILES string of the molecule is c1cnc2ccc(-c3cc(NCCc4ccnc5c4OCCO5)ncn3)cc2c1. The van der Waals surface area contributed by atoms with Crippen molar-refractivity contribution < 1.29 is 9.47 Å². The number of hydrogen-bond acceptors (Lipinski definition) is 7. The number of pyridine rings is 2. The van der Waals surface area contributed by atoms with E-state index in [1.54, 1.807) is 18.7 Å². The molecule has 1 N–H and O–H groups in total. The fourth-order valence-electron chi connectivity index (χ4n) is 3.37. The monoisotopic (exact) mass is 385 g/mol. The summed E-state index contributed by atoms with van der Waals surface area (Å²) in [7, 11) is 0. The molecule has 0 aliphatic carbocycles. The predicted molar refractivity (Wildman–Crippen MR) is 110 cm³/mol. The molecule has 1 aliphatic rings. The van der Waals surface area contributed by atoms with Gasteiger partial charge >= 0.3 is 0 Å². The molecule has 0 spiro atoms. The van der Waals surface area contributed by atoms with E-state index in [2.05, 4.69) is 31.3 Å². The maximum Gasteiger partial charge on any atom is 0.257 e. The van der Waals surface area contributed by atoms with Crippen molar-refractivity contribution in [1.29, 1.82) is 0 Å². The molecule has 4 aromatic rings. The summed E-state index contributed by atoms with van der Waals surface area (Å²) in [6, 6.07) is 14.0. The molecular weight excluding hydrogens is 366 g/mol. The van der Waals surface area contributed by atoms with Crippen LogP contribution >= 0.6 is 0 Å². The van der Waals surface area contributed by atoms with Gasteiger partial charge in [0.25, 0.3) is 5.88 Å². The Morgan fingerprint density at radius 1 is 0.897 bits per heavy atom. The summed E-state index contributed by atoms with van der Waals surface area (Å²) < 4.78 is 11.3. The minimum atomic E-state index is 0.538. The number of hydrogen-bond donors (Lipinski definition) is 1. The Kier molecular flexibility index (Phi) is 4.62. The molecule has 7 heteroatoms. The lowest BCUT2D eigenvalue weighted by Gasteiger charge is -2.19. The number of anilines is 1. The van der Waals surface area contributed by atoms with E-state index < -0.39 is 0 Å². The highest BCUT2D eigenvalue weighted by Gasteiger charge is 2.16. The highest BCUT2D eigenvalue weighted by Crippen LogP contribution is 2.31. The average Bonchev–Trinajstić information content (AvgIpc) is 2.79. The van der Waals surface area contributed by atoms with Crippen LogP contribution in [0.15, 0.2) is 61.2 Å². The van der Waals surface area contributed by atoms with Crippen molar-refractivity contribution >= 4 is 16.7 Å². The van der Waals surface area contributed by atoms with E-state index in [1.807, 2.05) is 36.4 Å². The third kappa shape index (κ3) is 3.67. The van der Waals surface area contributed by atoms with Gasteiger partial charge in [0, 0.05) is 41.5 Å². The van der Waals surface area contributed by atoms with Crippen LogP contribution in [0.25, 0.3) is 22.2 Å². The topological polar surface area (TPSA) is 82.1 Å². The summed E-state index contributed by atoms with van der Waals surface area (Å²) in [5, 5.41) is 4.45. The maximum atomic E-state index is 5.72. The first-order valence-corrected chi connectivity index (χ1v) is 9.51. The van der Waals surface area contributed by atoms with Gasteiger partial charge in [0.2, 0.25) is 0 Å². The number of ether oxygens (including phenoxy) is 2. The first kappa shape index (κ1) is 17.4. The minimum absolute atomic E-state index is 0.538. The number of rotatable bonds is 5. The molecule has 144 valence electrons. The molecule has 1 aromatic carbocycles. The van der Waals surface area contributed by atoms with Crippen molar-refractivity contribution in [2.45, 2.75) is 6.42 Å². The highest BCUT2D eigenvalue weighted by molar-refractivity contribution is 5.83. The van der Waals surface area contributed by atoms with Crippen LogP contribution in [0.2, 0.25) is 0 Å². The maximum absolute atomic E-state index is 5.72. The minimum Gasteiger partial charge on any atom is -0.484 e. The number of nitrogens with one attached hydrogen (secondary N) is 1. The zero-order valence-electron chi connectivity index (χ0n) is 15.7. The Hall–Kier alpha value is -3.74. The fourth-order valence-corrected chi connectivity index (χ4v) is 3.37. The molecule has 0 saturated carbocycles. The van der Waals surface area contributed by atoms with Gasteiger partial charge < -0.3 is 14.8 Å². The second-order valence-corrected chi connectivity index (χ2v) is 6.68. The summed E-state index contributed by atoms with van der Waals surface area (Å²) in [5.41, 5.74) is 3.94. The van der Waals surface area contributed by atoms with E-state index in [9.17, 15) is 0 Å². The number of nitrogens with zero attached hydrogens (tertiary/aromatic N) is 4. The molecule has 29 heavy (non-hydrogen) atoms. The lowest BCUT2D eigenvalue weighted by Crippen LogP contribution is -2.18. The first-order valence-electron chi connectivity index (χ1n) is 9.51. The van der Waals surface area contributed by atoms with Gasteiger partial charge in [-0.25, -0.2) is 15.0 Å². The van der Waals surface area contributed by atoms with Crippen LogP contribution in [0.1, 0.15) is 5.56 Å². The molecule has 0 atom stereocenters. The summed E-state index contributed by atoms with van der Waals surface area (Å²) in [6.45, 7) is 1.80. The van der Waals surface area contributed by atoms with E-state index in [0.29, 0.717) is 25.6 Å². The second kappa shape index (κ2) is 7.71. The number of aromatic nitrogens is 4. The molecule has 0 saturated heterocycles. The van der Waals surface area contributed by atoms with Crippen LogP contribution < -0.4 is 14.8 Å². The van der Waals surface area contributed by atoms with Gasteiger partial charge in [0.05, 0.1) is 11.2 Å². The molecule has 0 amide bonds. The lowest BCUT2D eigenvalue weighted by molar-refractivity contribution is 0.163. The van der Waals surface area contributed by atoms with Crippen molar-refractivity contribution in [3.8, 4) is 22.9 Å². The normalized spacial score (nSPS) is 12.7. The Balaban J connectivity index is 1.30. The third-order valence-electron chi connectivity index (χ3n) is 4.79. The van der Waals surface area contributed by atoms with E-state index in [-0.39, 0.29) is 0 Å². The quantitative estimate of drug-likeness (QED) is 0.563. The standard InChI is InChI=1S/C22H19N5O2/c1-2-16-12-17(3-4-18(16)23-7-1)19-13-20(27-14-26-19)24-8-5-15-6-9-25-22-21(15)28-10-11-29-22/h1-4,6-7,9,12-14H,5,8,10-11H2,(H,24,26,27). The van der Waals surface area contributed by atoms with Crippen LogP contribution in [0.5, 0.6) is 11.6 Å².